The maximum Gasteiger partial charge on any atom is 0.401 e. The largest absolute Gasteiger partial charge is 0.401 e. The lowest BCUT2D eigenvalue weighted by molar-refractivity contribution is -0.150. The third-order valence-corrected chi connectivity index (χ3v) is 2.56. The number of halogens is 3. The van der Waals surface area contributed by atoms with Gasteiger partial charge in [0.1, 0.15) is 12.6 Å². The predicted octanol–water partition coefficient (Wildman–Crippen LogP) is -0.598. The molecule has 6 nitrogen and oxygen atoms in total. The highest BCUT2D eigenvalue weighted by Gasteiger charge is 2.35. The van der Waals surface area contributed by atoms with Crippen LogP contribution in [-0.4, -0.2) is 54.5 Å². The second-order valence-corrected chi connectivity index (χ2v) is 4.08. The van der Waals surface area contributed by atoms with Crippen molar-refractivity contribution in [3.63, 3.8) is 0 Å². The molecule has 0 aromatic carbocycles. The zero-order valence-electron chi connectivity index (χ0n) is 10.2. The molecule has 19 heavy (non-hydrogen) atoms. The molecule has 0 saturated carbocycles. The molecule has 1 aliphatic heterocycles. The summed E-state index contributed by atoms with van der Waals surface area (Å²) in [7, 11) is 0. The molecule has 3 amide bonds. The van der Waals surface area contributed by atoms with Crippen molar-refractivity contribution >= 4 is 17.7 Å². The predicted molar refractivity (Wildman–Crippen MR) is 57.9 cm³/mol. The Kier molecular flexibility index (Phi) is 4.87. The maximum atomic E-state index is 11.9. The van der Waals surface area contributed by atoms with Gasteiger partial charge in [-0.2, -0.15) is 13.2 Å². The molecule has 0 aromatic heterocycles. The molecule has 1 atom stereocenters. The van der Waals surface area contributed by atoms with Gasteiger partial charge in [-0.05, 0) is 6.42 Å². The van der Waals surface area contributed by atoms with Crippen molar-refractivity contribution in [1.82, 2.24) is 15.5 Å². The number of nitrogens with one attached hydrogen (secondary N) is 2. The zero-order valence-corrected chi connectivity index (χ0v) is 10.2. The number of carbonyl (C=O) groups excluding carboxylic acids is 3. The van der Waals surface area contributed by atoms with Crippen LogP contribution in [0.25, 0.3) is 0 Å². The van der Waals surface area contributed by atoms with Crippen LogP contribution in [0.3, 0.4) is 0 Å². The van der Waals surface area contributed by atoms with Crippen LogP contribution in [0.4, 0.5) is 13.2 Å². The number of carbonyl (C=O) groups is 3. The van der Waals surface area contributed by atoms with Crippen molar-refractivity contribution in [2.24, 2.45) is 0 Å². The smallest absolute Gasteiger partial charge is 0.320 e. The maximum absolute atomic E-state index is 11.9. The quantitative estimate of drug-likeness (QED) is 0.675. The van der Waals surface area contributed by atoms with Gasteiger partial charge in [0, 0.05) is 0 Å². The van der Waals surface area contributed by atoms with Gasteiger partial charge in [-0.3, -0.25) is 19.7 Å². The number of hydrogen-bond donors (Lipinski definition) is 2. The monoisotopic (exact) mass is 281 g/mol. The Hall–Kier alpha value is -1.64. The Morgan fingerprint density at radius 1 is 1.47 bits per heavy atom. The Balaban J connectivity index is 2.58. The fourth-order valence-electron chi connectivity index (χ4n) is 1.75. The van der Waals surface area contributed by atoms with Crippen LogP contribution in [0.15, 0.2) is 0 Å². The van der Waals surface area contributed by atoms with E-state index in [1.54, 1.807) is 6.92 Å². The molecule has 2 N–H and O–H groups in total. The van der Waals surface area contributed by atoms with Crippen LogP contribution in [0.1, 0.15) is 13.3 Å². The Labute approximate surface area is 107 Å². The van der Waals surface area contributed by atoms with Gasteiger partial charge in [0.15, 0.2) is 0 Å². The zero-order chi connectivity index (χ0) is 14.6. The van der Waals surface area contributed by atoms with E-state index >= 15 is 0 Å². The van der Waals surface area contributed by atoms with Crippen LogP contribution in [0.5, 0.6) is 0 Å². The summed E-state index contributed by atoms with van der Waals surface area (Å²) in [5, 5.41) is 4.01. The standard InChI is InChI=1S/C10H14F3N3O3/c1-2-6-9(19)15-7(17)4-16(6)8(18)3-14-5-10(11,12)13/h6,14H,2-5H2,1H3,(H,15,17,19). The summed E-state index contributed by atoms with van der Waals surface area (Å²) < 4.78 is 35.7. The summed E-state index contributed by atoms with van der Waals surface area (Å²) in [5.74, 6) is -1.96. The number of alkyl halides is 3. The van der Waals surface area contributed by atoms with E-state index in [1.807, 2.05) is 5.32 Å². The molecule has 0 radical (unpaired) electrons. The average Bonchev–Trinajstić information content (AvgIpc) is 2.26. The summed E-state index contributed by atoms with van der Waals surface area (Å²) in [6.45, 7) is -0.555. The third-order valence-electron chi connectivity index (χ3n) is 2.56. The Morgan fingerprint density at radius 3 is 2.63 bits per heavy atom. The Bertz CT molecular complexity index is 384. The molecule has 1 saturated heterocycles. The van der Waals surface area contributed by atoms with Gasteiger partial charge < -0.3 is 10.2 Å². The summed E-state index contributed by atoms with van der Waals surface area (Å²) in [6, 6.07) is -0.821. The first-order valence-electron chi connectivity index (χ1n) is 5.65. The number of amides is 3. The number of imide groups is 1. The van der Waals surface area contributed by atoms with E-state index in [2.05, 4.69) is 5.32 Å². The van der Waals surface area contributed by atoms with Crippen LogP contribution in [-0.2, 0) is 14.4 Å². The van der Waals surface area contributed by atoms with Gasteiger partial charge in [0.2, 0.25) is 17.7 Å². The molecule has 0 aromatic rings. The van der Waals surface area contributed by atoms with Crippen molar-refractivity contribution in [1.29, 1.82) is 0 Å². The topological polar surface area (TPSA) is 78.5 Å². The van der Waals surface area contributed by atoms with Crippen molar-refractivity contribution in [2.75, 3.05) is 19.6 Å². The average molecular weight is 281 g/mol. The van der Waals surface area contributed by atoms with Crippen LogP contribution in [0, 0.1) is 0 Å². The van der Waals surface area contributed by atoms with Crippen molar-refractivity contribution in [3.05, 3.63) is 0 Å². The highest BCUT2D eigenvalue weighted by Crippen LogP contribution is 2.12. The summed E-state index contributed by atoms with van der Waals surface area (Å²) >= 11 is 0. The molecule has 1 heterocycles. The summed E-state index contributed by atoms with van der Waals surface area (Å²) in [4.78, 5) is 35.3. The number of nitrogens with zero attached hydrogens (tertiary/aromatic N) is 1. The lowest BCUT2D eigenvalue weighted by Gasteiger charge is -2.33. The first-order valence-corrected chi connectivity index (χ1v) is 5.65. The van der Waals surface area contributed by atoms with E-state index in [4.69, 9.17) is 0 Å². The van der Waals surface area contributed by atoms with E-state index in [9.17, 15) is 27.6 Å². The lowest BCUT2D eigenvalue weighted by atomic mass is 10.1. The van der Waals surface area contributed by atoms with Crippen molar-refractivity contribution in [3.8, 4) is 0 Å². The van der Waals surface area contributed by atoms with Crippen LogP contribution < -0.4 is 10.6 Å². The minimum absolute atomic E-state index is 0.282. The molecule has 9 heteroatoms. The first kappa shape index (κ1) is 15.4. The molecular formula is C10H14F3N3O3. The number of rotatable bonds is 4. The SMILES string of the molecule is CCC1C(=O)NC(=O)CN1C(=O)CNCC(F)(F)F. The molecule has 1 rings (SSSR count). The lowest BCUT2D eigenvalue weighted by Crippen LogP contribution is -2.60. The normalized spacial score (nSPS) is 20.4. The summed E-state index contributed by atoms with van der Waals surface area (Å²) in [6.07, 6.45) is -4.14. The van der Waals surface area contributed by atoms with E-state index in [0.29, 0.717) is 0 Å². The molecular weight excluding hydrogens is 267 g/mol. The highest BCUT2D eigenvalue weighted by atomic mass is 19.4. The van der Waals surface area contributed by atoms with E-state index in [1.165, 1.54) is 0 Å². The fourth-order valence-corrected chi connectivity index (χ4v) is 1.75. The number of piperazine rings is 1. The van der Waals surface area contributed by atoms with Gasteiger partial charge in [-0.1, -0.05) is 6.92 Å². The van der Waals surface area contributed by atoms with Crippen LogP contribution in [0.2, 0.25) is 0 Å². The van der Waals surface area contributed by atoms with E-state index < -0.39 is 43.0 Å². The van der Waals surface area contributed by atoms with E-state index in [0.717, 1.165) is 4.90 Å². The molecule has 108 valence electrons. The first-order chi connectivity index (χ1) is 8.74. The molecule has 0 bridgehead atoms. The molecule has 0 aliphatic carbocycles. The summed E-state index contributed by atoms with van der Waals surface area (Å²) in [5.41, 5.74) is 0. The molecule has 0 spiro atoms. The molecule has 1 fully saturated rings. The van der Waals surface area contributed by atoms with Gasteiger partial charge in [-0.15, -0.1) is 0 Å². The minimum Gasteiger partial charge on any atom is -0.320 e. The Morgan fingerprint density at radius 2 is 2.11 bits per heavy atom. The van der Waals surface area contributed by atoms with Gasteiger partial charge >= 0.3 is 6.18 Å². The van der Waals surface area contributed by atoms with Gasteiger partial charge in [0.05, 0.1) is 13.1 Å². The van der Waals surface area contributed by atoms with E-state index in [-0.39, 0.29) is 13.0 Å². The second-order valence-electron chi connectivity index (χ2n) is 4.08. The minimum atomic E-state index is -4.42. The fraction of sp³-hybridized carbons (Fsp3) is 0.700. The van der Waals surface area contributed by atoms with Gasteiger partial charge in [-0.25, -0.2) is 0 Å². The molecule has 1 aliphatic rings. The molecule has 1 unspecified atom stereocenters. The highest BCUT2D eigenvalue weighted by molar-refractivity contribution is 6.04. The van der Waals surface area contributed by atoms with Crippen molar-refractivity contribution < 1.29 is 27.6 Å². The van der Waals surface area contributed by atoms with Crippen molar-refractivity contribution in [2.45, 2.75) is 25.6 Å². The third kappa shape index (κ3) is 4.51. The van der Waals surface area contributed by atoms with Gasteiger partial charge in [0.25, 0.3) is 0 Å². The van der Waals surface area contributed by atoms with Crippen LogP contribution >= 0.6 is 0 Å². The number of hydrogen-bond acceptors (Lipinski definition) is 4. The second kappa shape index (κ2) is 6.00.